The van der Waals surface area contributed by atoms with E-state index in [9.17, 15) is 4.79 Å². The smallest absolute Gasteiger partial charge is 0.237 e. The number of nitrogens with one attached hydrogen (secondary N) is 1. The minimum Gasteiger partial charge on any atom is -0.381 e. The summed E-state index contributed by atoms with van der Waals surface area (Å²) in [6.45, 7) is 8.78. The maximum Gasteiger partial charge on any atom is 0.237 e. The van der Waals surface area contributed by atoms with Gasteiger partial charge in [-0.1, -0.05) is 6.92 Å². The minimum atomic E-state index is -0.574. The molecular formula is C16H33N3O2. The largest absolute Gasteiger partial charge is 0.381 e. The van der Waals surface area contributed by atoms with Gasteiger partial charge < -0.3 is 20.7 Å². The second-order valence-electron chi connectivity index (χ2n) is 6.54. The zero-order chi connectivity index (χ0) is 15.7. The first-order valence-electron chi connectivity index (χ1n) is 8.29. The molecule has 0 aromatic carbocycles. The first kappa shape index (κ1) is 18.4. The van der Waals surface area contributed by atoms with Crippen molar-refractivity contribution >= 4 is 5.91 Å². The van der Waals surface area contributed by atoms with Gasteiger partial charge >= 0.3 is 0 Å². The number of carbonyl (C=O) groups is 1. The lowest BCUT2D eigenvalue weighted by molar-refractivity contribution is -0.124. The molecular weight excluding hydrogens is 266 g/mol. The standard InChI is InChI=1S/C16H33N3O2/c1-4-9-18-16(2,15(17)20)8-5-10-19(3)13-14-6-11-21-12-7-14/h14,18H,4-13H2,1-3H3,(H2,17,20). The van der Waals surface area contributed by atoms with Crippen molar-refractivity contribution in [2.45, 2.75) is 51.5 Å². The number of primary amides is 1. The van der Waals surface area contributed by atoms with Gasteiger partial charge in [-0.05, 0) is 65.1 Å². The maximum atomic E-state index is 11.7. The van der Waals surface area contributed by atoms with E-state index >= 15 is 0 Å². The third-order valence-corrected chi connectivity index (χ3v) is 4.44. The van der Waals surface area contributed by atoms with Crippen LogP contribution in [0.2, 0.25) is 0 Å². The molecule has 0 aliphatic carbocycles. The molecule has 5 heteroatoms. The van der Waals surface area contributed by atoms with Crippen LogP contribution in [0.3, 0.4) is 0 Å². The lowest BCUT2D eigenvalue weighted by Crippen LogP contribution is -2.53. The number of nitrogens with zero attached hydrogens (tertiary/aromatic N) is 1. The van der Waals surface area contributed by atoms with E-state index in [1.54, 1.807) is 0 Å². The summed E-state index contributed by atoms with van der Waals surface area (Å²) in [7, 11) is 2.16. The topological polar surface area (TPSA) is 67.6 Å². The van der Waals surface area contributed by atoms with Gasteiger partial charge in [0.15, 0.2) is 0 Å². The van der Waals surface area contributed by atoms with Crippen LogP contribution in [0.15, 0.2) is 0 Å². The van der Waals surface area contributed by atoms with Crippen molar-refractivity contribution in [2.75, 3.05) is 39.9 Å². The van der Waals surface area contributed by atoms with Crippen molar-refractivity contribution in [1.82, 2.24) is 10.2 Å². The highest BCUT2D eigenvalue weighted by Crippen LogP contribution is 2.17. The van der Waals surface area contributed by atoms with Gasteiger partial charge in [-0.2, -0.15) is 0 Å². The number of hydrogen-bond acceptors (Lipinski definition) is 4. The van der Waals surface area contributed by atoms with Gasteiger partial charge in [0.05, 0.1) is 5.54 Å². The van der Waals surface area contributed by atoms with Crippen molar-refractivity contribution in [2.24, 2.45) is 11.7 Å². The van der Waals surface area contributed by atoms with Crippen LogP contribution in [-0.2, 0) is 9.53 Å². The van der Waals surface area contributed by atoms with Crippen molar-refractivity contribution < 1.29 is 9.53 Å². The summed E-state index contributed by atoms with van der Waals surface area (Å²) in [4.78, 5) is 14.0. The summed E-state index contributed by atoms with van der Waals surface area (Å²) >= 11 is 0. The second-order valence-corrected chi connectivity index (χ2v) is 6.54. The summed E-state index contributed by atoms with van der Waals surface area (Å²) in [6.07, 6.45) is 5.12. The Morgan fingerprint density at radius 1 is 1.43 bits per heavy atom. The summed E-state index contributed by atoms with van der Waals surface area (Å²) in [5.41, 5.74) is 4.98. The van der Waals surface area contributed by atoms with Crippen LogP contribution in [0, 0.1) is 5.92 Å². The van der Waals surface area contributed by atoms with Gasteiger partial charge in [0, 0.05) is 19.8 Å². The molecule has 0 bridgehead atoms. The minimum absolute atomic E-state index is 0.247. The molecule has 1 heterocycles. The Morgan fingerprint density at radius 2 is 2.10 bits per heavy atom. The van der Waals surface area contributed by atoms with Crippen molar-refractivity contribution in [3.05, 3.63) is 0 Å². The van der Waals surface area contributed by atoms with E-state index < -0.39 is 5.54 Å². The van der Waals surface area contributed by atoms with Crippen LogP contribution in [0.25, 0.3) is 0 Å². The number of hydrogen-bond donors (Lipinski definition) is 2. The number of amides is 1. The predicted molar refractivity (Wildman–Crippen MR) is 86.2 cm³/mol. The molecule has 0 radical (unpaired) electrons. The lowest BCUT2D eigenvalue weighted by Gasteiger charge is -2.30. The molecule has 1 amide bonds. The Labute approximate surface area is 129 Å². The van der Waals surface area contributed by atoms with E-state index in [1.165, 1.54) is 12.8 Å². The van der Waals surface area contributed by atoms with Crippen molar-refractivity contribution in [1.29, 1.82) is 0 Å². The van der Waals surface area contributed by atoms with Gasteiger partial charge in [0.25, 0.3) is 0 Å². The van der Waals surface area contributed by atoms with E-state index in [2.05, 4.69) is 24.2 Å². The Morgan fingerprint density at radius 3 is 2.67 bits per heavy atom. The Balaban J connectivity index is 2.27. The van der Waals surface area contributed by atoms with Crippen LogP contribution in [0.1, 0.15) is 46.0 Å². The van der Waals surface area contributed by atoms with Crippen LogP contribution in [0.5, 0.6) is 0 Å². The third-order valence-electron chi connectivity index (χ3n) is 4.44. The molecule has 21 heavy (non-hydrogen) atoms. The lowest BCUT2D eigenvalue weighted by atomic mass is 9.94. The third kappa shape index (κ3) is 6.76. The molecule has 0 spiro atoms. The Bertz CT molecular complexity index is 306. The molecule has 1 rings (SSSR count). The molecule has 3 N–H and O–H groups in total. The normalized spacial score (nSPS) is 19.6. The molecule has 0 aromatic heterocycles. The average molecular weight is 299 g/mol. The summed E-state index contributed by atoms with van der Waals surface area (Å²) in [5, 5.41) is 3.29. The molecule has 1 saturated heterocycles. The SMILES string of the molecule is CCCNC(C)(CCCN(C)CC1CCOCC1)C(N)=O. The Kier molecular flexibility index (Phi) is 8.22. The molecule has 1 aliphatic heterocycles. The number of rotatable bonds is 10. The Hall–Kier alpha value is -0.650. The van der Waals surface area contributed by atoms with Crippen LogP contribution in [-0.4, -0.2) is 56.2 Å². The van der Waals surface area contributed by atoms with Gasteiger partial charge in [-0.25, -0.2) is 0 Å². The van der Waals surface area contributed by atoms with E-state index in [-0.39, 0.29) is 5.91 Å². The molecule has 0 aromatic rings. The van der Waals surface area contributed by atoms with E-state index in [4.69, 9.17) is 10.5 Å². The van der Waals surface area contributed by atoms with Crippen molar-refractivity contribution in [3.63, 3.8) is 0 Å². The van der Waals surface area contributed by atoms with Gasteiger partial charge in [-0.15, -0.1) is 0 Å². The molecule has 1 fully saturated rings. The van der Waals surface area contributed by atoms with E-state index in [0.717, 1.165) is 58.0 Å². The van der Waals surface area contributed by atoms with Crippen molar-refractivity contribution in [3.8, 4) is 0 Å². The maximum absolute atomic E-state index is 11.7. The first-order valence-corrected chi connectivity index (χ1v) is 8.29. The van der Waals surface area contributed by atoms with E-state index in [0.29, 0.717) is 0 Å². The second kappa shape index (κ2) is 9.38. The average Bonchev–Trinajstić information content (AvgIpc) is 2.46. The monoisotopic (exact) mass is 299 g/mol. The summed E-state index contributed by atoms with van der Waals surface area (Å²) in [6, 6.07) is 0. The molecule has 5 nitrogen and oxygen atoms in total. The fourth-order valence-electron chi connectivity index (χ4n) is 2.86. The zero-order valence-electron chi connectivity index (χ0n) is 14.0. The highest BCUT2D eigenvalue weighted by Gasteiger charge is 2.29. The summed E-state index contributed by atoms with van der Waals surface area (Å²) in [5.74, 6) is 0.507. The van der Waals surface area contributed by atoms with Gasteiger partial charge in [0.2, 0.25) is 5.91 Å². The highest BCUT2D eigenvalue weighted by molar-refractivity contribution is 5.84. The molecule has 124 valence electrons. The molecule has 0 saturated carbocycles. The fraction of sp³-hybridized carbons (Fsp3) is 0.938. The summed E-state index contributed by atoms with van der Waals surface area (Å²) < 4.78 is 5.39. The van der Waals surface area contributed by atoms with Gasteiger partial charge in [0.1, 0.15) is 0 Å². The van der Waals surface area contributed by atoms with Crippen LogP contribution in [0.4, 0.5) is 0 Å². The van der Waals surface area contributed by atoms with Crippen LogP contribution >= 0.6 is 0 Å². The fourth-order valence-corrected chi connectivity index (χ4v) is 2.86. The molecule has 1 atom stereocenters. The zero-order valence-corrected chi connectivity index (χ0v) is 14.0. The number of ether oxygens (including phenoxy) is 1. The van der Waals surface area contributed by atoms with E-state index in [1.807, 2.05) is 6.92 Å². The predicted octanol–water partition coefficient (Wildman–Crippen LogP) is 1.37. The van der Waals surface area contributed by atoms with Gasteiger partial charge in [-0.3, -0.25) is 4.79 Å². The number of carbonyl (C=O) groups excluding carboxylic acids is 1. The highest BCUT2D eigenvalue weighted by atomic mass is 16.5. The first-order chi connectivity index (χ1) is 9.98. The number of nitrogens with two attached hydrogens (primary N) is 1. The molecule has 1 unspecified atom stereocenters. The van der Waals surface area contributed by atoms with Crippen LogP contribution < -0.4 is 11.1 Å². The quantitative estimate of drug-likeness (QED) is 0.639. The molecule has 1 aliphatic rings.